The molecule has 0 bridgehead atoms. The number of nitrogens with one attached hydrogen (secondary N) is 1. The van der Waals surface area contributed by atoms with Gasteiger partial charge in [0, 0.05) is 19.4 Å². The first kappa shape index (κ1) is 16.0. The second kappa shape index (κ2) is 13.1. The summed E-state index contributed by atoms with van der Waals surface area (Å²) in [6, 6.07) is 0. The lowest BCUT2D eigenvalue weighted by atomic mass is 10.2. The predicted molar refractivity (Wildman–Crippen MR) is 61.6 cm³/mol. The lowest BCUT2D eigenvalue weighted by Crippen LogP contribution is -2.27. The molecule has 0 atom stereocenters. The van der Waals surface area contributed by atoms with Crippen LogP contribution in [-0.2, 0) is 19.1 Å². The molecule has 0 unspecified atom stereocenters. The van der Waals surface area contributed by atoms with E-state index >= 15 is 0 Å². The fourth-order valence-corrected chi connectivity index (χ4v) is 1.08. The summed E-state index contributed by atoms with van der Waals surface area (Å²) < 4.78 is 10.2. The molecular weight excluding hydrogens is 226 g/mol. The van der Waals surface area contributed by atoms with E-state index in [1.54, 1.807) is 0 Å². The molecule has 0 aliphatic heterocycles. The molecule has 2 N–H and O–H groups in total. The molecule has 0 aromatic rings. The number of ether oxygens (including phenoxy) is 2. The van der Waals surface area contributed by atoms with Gasteiger partial charge in [-0.3, -0.25) is 4.79 Å². The molecule has 0 aliphatic carbocycles. The predicted octanol–water partition coefficient (Wildman–Crippen LogP) is -0.503. The number of unbranched alkanes of at least 4 members (excludes halogenated alkanes) is 1. The second-order valence-electron chi connectivity index (χ2n) is 3.36. The molecule has 0 radical (unpaired) electrons. The van der Waals surface area contributed by atoms with Gasteiger partial charge < -0.3 is 24.7 Å². The zero-order chi connectivity index (χ0) is 12.8. The molecule has 6 heteroatoms. The standard InChI is InChI=1S/C11H21NO5/c13-5-2-1-3-11(15)12-4-7-16-9-10-17-8-6-14/h5,14H,1-4,6-10H2,(H,12,15). The second-order valence-corrected chi connectivity index (χ2v) is 3.36. The fourth-order valence-electron chi connectivity index (χ4n) is 1.08. The molecule has 0 fully saturated rings. The summed E-state index contributed by atoms with van der Waals surface area (Å²) in [7, 11) is 0. The average molecular weight is 247 g/mol. The van der Waals surface area contributed by atoms with Crippen molar-refractivity contribution in [1.29, 1.82) is 0 Å². The van der Waals surface area contributed by atoms with E-state index in [4.69, 9.17) is 14.6 Å². The highest BCUT2D eigenvalue weighted by molar-refractivity contribution is 5.76. The van der Waals surface area contributed by atoms with Gasteiger partial charge in [0.2, 0.25) is 5.91 Å². The maximum atomic E-state index is 11.2. The summed E-state index contributed by atoms with van der Waals surface area (Å²) in [4.78, 5) is 21.2. The number of carbonyl (C=O) groups excluding carboxylic acids is 2. The number of aliphatic hydroxyl groups is 1. The van der Waals surface area contributed by atoms with Crippen molar-refractivity contribution >= 4 is 12.2 Å². The molecule has 1 amide bonds. The number of hydrogen-bond donors (Lipinski definition) is 2. The van der Waals surface area contributed by atoms with Gasteiger partial charge in [-0.05, 0) is 6.42 Å². The number of carbonyl (C=O) groups is 2. The third-order valence-corrected chi connectivity index (χ3v) is 1.90. The number of hydrogen-bond acceptors (Lipinski definition) is 5. The van der Waals surface area contributed by atoms with Crippen LogP contribution in [0.1, 0.15) is 19.3 Å². The van der Waals surface area contributed by atoms with Crippen LogP contribution in [0.3, 0.4) is 0 Å². The van der Waals surface area contributed by atoms with Crippen molar-refractivity contribution in [3.05, 3.63) is 0 Å². The van der Waals surface area contributed by atoms with E-state index in [0.29, 0.717) is 52.2 Å². The molecule has 0 saturated carbocycles. The van der Waals surface area contributed by atoms with Gasteiger partial charge in [0.05, 0.1) is 33.0 Å². The highest BCUT2D eigenvalue weighted by Crippen LogP contribution is 1.91. The Morgan fingerprint density at radius 2 is 1.88 bits per heavy atom. The fraction of sp³-hybridized carbons (Fsp3) is 0.818. The quantitative estimate of drug-likeness (QED) is 0.358. The minimum atomic E-state index is -0.0630. The normalized spacial score (nSPS) is 10.2. The third-order valence-electron chi connectivity index (χ3n) is 1.90. The van der Waals surface area contributed by atoms with Gasteiger partial charge in [0.1, 0.15) is 6.29 Å². The summed E-state index contributed by atoms with van der Waals surface area (Å²) in [5, 5.41) is 11.1. The maximum Gasteiger partial charge on any atom is 0.220 e. The third kappa shape index (κ3) is 13.0. The highest BCUT2D eigenvalue weighted by atomic mass is 16.5. The zero-order valence-electron chi connectivity index (χ0n) is 10.0. The first-order chi connectivity index (χ1) is 8.31. The van der Waals surface area contributed by atoms with Crippen molar-refractivity contribution in [3.8, 4) is 0 Å². The molecule has 0 aromatic carbocycles. The number of aliphatic hydroxyl groups excluding tert-OH is 1. The van der Waals surface area contributed by atoms with Gasteiger partial charge in [-0.1, -0.05) is 0 Å². The largest absolute Gasteiger partial charge is 0.394 e. The van der Waals surface area contributed by atoms with Gasteiger partial charge in [-0.15, -0.1) is 0 Å². The monoisotopic (exact) mass is 247 g/mol. The van der Waals surface area contributed by atoms with Crippen molar-refractivity contribution in [2.75, 3.05) is 39.6 Å². The van der Waals surface area contributed by atoms with Crippen molar-refractivity contribution in [2.45, 2.75) is 19.3 Å². The highest BCUT2D eigenvalue weighted by Gasteiger charge is 1.99. The van der Waals surface area contributed by atoms with E-state index in [1.807, 2.05) is 0 Å². The van der Waals surface area contributed by atoms with Crippen LogP contribution in [0.2, 0.25) is 0 Å². The van der Waals surface area contributed by atoms with Crippen LogP contribution in [-0.4, -0.2) is 56.9 Å². The van der Waals surface area contributed by atoms with Crippen molar-refractivity contribution < 1.29 is 24.2 Å². The summed E-state index contributed by atoms with van der Waals surface area (Å²) in [5.74, 6) is -0.0630. The van der Waals surface area contributed by atoms with Gasteiger partial charge in [0.15, 0.2) is 0 Å². The van der Waals surface area contributed by atoms with Gasteiger partial charge >= 0.3 is 0 Å². The van der Waals surface area contributed by atoms with E-state index in [1.165, 1.54) is 0 Å². The molecule has 0 heterocycles. The Morgan fingerprint density at radius 3 is 2.53 bits per heavy atom. The Hall–Kier alpha value is -0.980. The first-order valence-corrected chi connectivity index (χ1v) is 5.78. The first-order valence-electron chi connectivity index (χ1n) is 5.78. The van der Waals surface area contributed by atoms with Crippen LogP contribution in [0.25, 0.3) is 0 Å². The average Bonchev–Trinajstić information content (AvgIpc) is 2.33. The topological polar surface area (TPSA) is 84.9 Å². The summed E-state index contributed by atoms with van der Waals surface area (Å²) in [6.07, 6.45) is 2.19. The van der Waals surface area contributed by atoms with Crippen LogP contribution >= 0.6 is 0 Å². The molecular formula is C11H21NO5. The SMILES string of the molecule is O=CCCCC(=O)NCCOCCOCCO. The Labute approximate surface area is 101 Å². The van der Waals surface area contributed by atoms with Gasteiger partial charge in [-0.25, -0.2) is 0 Å². The van der Waals surface area contributed by atoms with Crippen molar-refractivity contribution in [2.24, 2.45) is 0 Å². The smallest absolute Gasteiger partial charge is 0.220 e. The van der Waals surface area contributed by atoms with Crippen LogP contribution in [0, 0.1) is 0 Å². The molecule has 17 heavy (non-hydrogen) atoms. The minimum Gasteiger partial charge on any atom is -0.394 e. The molecule has 0 aromatic heterocycles. The number of aldehydes is 1. The van der Waals surface area contributed by atoms with Crippen molar-refractivity contribution in [1.82, 2.24) is 5.32 Å². The summed E-state index contributed by atoms with van der Waals surface area (Å²) in [6.45, 7) is 2.10. The van der Waals surface area contributed by atoms with Gasteiger partial charge in [0.25, 0.3) is 0 Å². The van der Waals surface area contributed by atoms with E-state index in [2.05, 4.69) is 5.32 Å². The molecule has 0 spiro atoms. The minimum absolute atomic E-state index is 0.0108. The van der Waals surface area contributed by atoms with E-state index < -0.39 is 0 Å². The van der Waals surface area contributed by atoms with Crippen LogP contribution < -0.4 is 5.32 Å². The number of amides is 1. The van der Waals surface area contributed by atoms with E-state index in [-0.39, 0.29) is 12.5 Å². The Balaban J connectivity index is 3.11. The van der Waals surface area contributed by atoms with Crippen LogP contribution in [0.5, 0.6) is 0 Å². The number of rotatable bonds is 12. The Morgan fingerprint density at radius 1 is 1.18 bits per heavy atom. The van der Waals surface area contributed by atoms with Crippen LogP contribution in [0.4, 0.5) is 0 Å². The lowest BCUT2D eigenvalue weighted by Gasteiger charge is -2.06. The molecule has 100 valence electrons. The van der Waals surface area contributed by atoms with E-state index in [0.717, 1.165) is 6.29 Å². The van der Waals surface area contributed by atoms with Crippen LogP contribution in [0.15, 0.2) is 0 Å². The van der Waals surface area contributed by atoms with Crippen molar-refractivity contribution in [3.63, 3.8) is 0 Å². The Bertz CT molecular complexity index is 198. The lowest BCUT2D eigenvalue weighted by molar-refractivity contribution is -0.121. The van der Waals surface area contributed by atoms with E-state index in [9.17, 15) is 9.59 Å². The summed E-state index contributed by atoms with van der Waals surface area (Å²) in [5.41, 5.74) is 0. The molecule has 0 saturated heterocycles. The zero-order valence-corrected chi connectivity index (χ0v) is 10.0. The molecule has 0 aliphatic rings. The Kier molecular flexibility index (Phi) is 12.3. The molecule has 0 rings (SSSR count). The maximum absolute atomic E-state index is 11.2. The van der Waals surface area contributed by atoms with Gasteiger partial charge in [-0.2, -0.15) is 0 Å². The molecule has 6 nitrogen and oxygen atoms in total. The summed E-state index contributed by atoms with van der Waals surface area (Å²) >= 11 is 0.